The monoisotopic (exact) mass is 665 g/mol. The van der Waals surface area contributed by atoms with Gasteiger partial charge in [0.15, 0.2) is 11.6 Å². The fraction of sp³-hybridized carbons (Fsp3) is 0.800. The van der Waals surface area contributed by atoms with Crippen molar-refractivity contribution in [2.45, 2.75) is 135 Å². The molecular formula is C40H59NO7. The summed E-state index contributed by atoms with van der Waals surface area (Å²) in [6, 6.07) is -0.673. The van der Waals surface area contributed by atoms with E-state index in [2.05, 4.69) is 20.4 Å². The first-order chi connectivity index (χ1) is 23.0. The third kappa shape index (κ3) is 8.81. The molecule has 3 saturated carbocycles. The SMILES string of the molecule is C=CCCC(=O)C(=O)[C@@H]1CCCCCCCOC[C@H](CC(=O)C[C@H](C(=O)C2CC2)C2CCCCC2)C(=O)N2C[C@H]3[C@@H]([C@H]2C(=O)C1)C3(C)C. The van der Waals surface area contributed by atoms with Gasteiger partial charge in [-0.05, 0) is 68.1 Å². The Hall–Kier alpha value is -2.48. The molecule has 1 amide bonds. The van der Waals surface area contributed by atoms with Crippen LogP contribution in [0.3, 0.4) is 0 Å². The van der Waals surface area contributed by atoms with E-state index in [-0.39, 0.29) is 90.6 Å². The van der Waals surface area contributed by atoms with Crippen LogP contribution in [0.1, 0.15) is 129 Å². The Bertz CT molecular complexity index is 1230. The molecule has 8 nitrogen and oxygen atoms in total. The maximum absolute atomic E-state index is 14.4. The summed E-state index contributed by atoms with van der Waals surface area (Å²) in [5, 5.41) is 0. The number of fused-ring (bicyclic) bond motifs is 3. The van der Waals surface area contributed by atoms with Gasteiger partial charge in [-0.3, -0.25) is 28.8 Å². The zero-order valence-electron chi connectivity index (χ0n) is 29.6. The predicted octanol–water partition coefficient (Wildman–Crippen LogP) is 6.66. The van der Waals surface area contributed by atoms with Crippen molar-refractivity contribution in [2.75, 3.05) is 19.8 Å². The molecule has 0 radical (unpaired) electrons. The van der Waals surface area contributed by atoms with Gasteiger partial charge in [-0.15, -0.1) is 6.58 Å². The summed E-state index contributed by atoms with van der Waals surface area (Å²) in [6.45, 7) is 8.97. The number of Topliss-reactive ketones (excluding diaryl/α,β-unsaturated/α-hetero) is 5. The molecule has 0 aromatic rings. The topological polar surface area (TPSA) is 115 Å². The molecule has 0 bridgehead atoms. The van der Waals surface area contributed by atoms with Crippen LogP contribution in [0.5, 0.6) is 0 Å². The van der Waals surface area contributed by atoms with Crippen LogP contribution in [0, 0.1) is 46.8 Å². The van der Waals surface area contributed by atoms with Crippen molar-refractivity contribution < 1.29 is 33.5 Å². The highest BCUT2D eigenvalue weighted by molar-refractivity contribution is 6.38. The van der Waals surface area contributed by atoms with Crippen LogP contribution < -0.4 is 0 Å². The number of piperidine rings is 1. The lowest BCUT2D eigenvalue weighted by molar-refractivity contribution is -0.147. The average Bonchev–Trinajstić information content (AvgIpc) is 3.96. The third-order valence-corrected chi connectivity index (χ3v) is 12.5. The number of carbonyl (C=O) groups excluding carboxylic acids is 6. The second kappa shape index (κ2) is 16.5. The molecule has 0 aromatic carbocycles. The van der Waals surface area contributed by atoms with Crippen molar-refractivity contribution in [3.8, 4) is 0 Å². The summed E-state index contributed by atoms with van der Waals surface area (Å²) in [5.41, 5.74) is -0.102. The molecule has 5 rings (SSSR count). The van der Waals surface area contributed by atoms with E-state index in [1.165, 1.54) is 6.42 Å². The molecule has 3 aliphatic carbocycles. The molecule has 2 heterocycles. The highest BCUT2D eigenvalue weighted by atomic mass is 16.5. The minimum atomic E-state index is -0.720. The molecule has 5 aliphatic rings. The van der Waals surface area contributed by atoms with Crippen molar-refractivity contribution in [1.82, 2.24) is 4.90 Å². The molecule has 0 N–H and O–H groups in total. The maximum atomic E-state index is 14.4. The molecule has 8 heteroatoms. The van der Waals surface area contributed by atoms with Crippen molar-refractivity contribution in [2.24, 2.45) is 46.8 Å². The van der Waals surface area contributed by atoms with Gasteiger partial charge in [-0.25, -0.2) is 0 Å². The maximum Gasteiger partial charge on any atom is 0.229 e. The largest absolute Gasteiger partial charge is 0.381 e. The molecule has 0 unspecified atom stereocenters. The highest BCUT2D eigenvalue weighted by Gasteiger charge is 2.69. The molecule has 2 aliphatic heterocycles. The Labute approximate surface area is 287 Å². The van der Waals surface area contributed by atoms with Gasteiger partial charge in [0.1, 0.15) is 11.6 Å². The lowest BCUT2D eigenvalue weighted by Gasteiger charge is -2.34. The van der Waals surface area contributed by atoms with E-state index in [4.69, 9.17) is 4.74 Å². The lowest BCUT2D eigenvalue weighted by atomic mass is 9.74. The number of hydrogen-bond donors (Lipinski definition) is 0. The molecule has 266 valence electrons. The van der Waals surface area contributed by atoms with Gasteiger partial charge in [-0.1, -0.05) is 64.9 Å². The van der Waals surface area contributed by atoms with E-state index in [9.17, 15) is 28.8 Å². The molecule has 6 atom stereocenters. The minimum absolute atomic E-state index is 0.00898. The number of allylic oxidation sites excluding steroid dienone is 1. The van der Waals surface area contributed by atoms with Crippen LogP contribution in [0.25, 0.3) is 0 Å². The van der Waals surface area contributed by atoms with Crippen LogP contribution in [-0.2, 0) is 33.5 Å². The summed E-state index contributed by atoms with van der Waals surface area (Å²) in [5.74, 6) is -2.28. The van der Waals surface area contributed by atoms with Crippen LogP contribution in [0.2, 0.25) is 0 Å². The van der Waals surface area contributed by atoms with Crippen molar-refractivity contribution in [1.29, 1.82) is 0 Å². The molecular weight excluding hydrogens is 606 g/mol. The fourth-order valence-electron chi connectivity index (χ4n) is 9.27. The lowest BCUT2D eigenvalue weighted by Crippen LogP contribution is -2.49. The molecule has 0 spiro atoms. The van der Waals surface area contributed by atoms with Crippen LogP contribution in [0.4, 0.5) is 0 Å². The summed E-state index contributed by atoms with van der Waals surface area (Å²) in [7, 11) is 0. The number of amides is 1. The van der Waals surface area contributed by atoms with Crippen molar-refractivity contribution in [3.63, 3.8) is 0 Å². The van der Waals surface area contributed by atoms with E-state index in [1.54, 1.807) is 11.0 Å². The number of ether oxygens (including phenoxy) is 1. The third-order valence-electron chi connectivity index (χ3n) is 12.5. The first-order valence-electron chi connectivity index (χ1n) is 19.2. The second-order valence-corrected chi connectivity index (χ2v) is 16.3. The number of nitrogens with zero attached hydrogens (tertiary/aromatic N) is 1. The number of hydrogen-bond acceptors (Lipinski definition) is 7. The van der Waals surface area contributed by atoms with Crippen LogP contribution in [-0.4, -0.2) is 65.5 Å². The van der Waals surface area contributed by atoms with E-state index >= 15 is 0 Å². The van der Waals surface area contributed by atoms with Crippen molar-refractivity contribution in [3.05, 3.63) is 12.7 Å². The van der Waals surface area contributed by atoms with Gasteiger partial charge in [-0.2, -0.15) is 0 Å². The first kappa shape index (κ1) is 36.8. The summed E-state index contributed by atoms with van der Waals surface area (Å²) < 4.78 is 6.06. The minimum Gasteiger partial charge on any atom is -0.381 e. The average molecular weight is 666 g/mol. The summed E-state index contributed by atoms with van der Waals surface area (Å²) in [4.78, 5) is 83.6. The van der Waals surface area contributed by atoms with Crippen molar-refractivity contribution >= 4 is 34.8 Å². The van der Waals surface area contributed by atoms with Crippen LogP contribution >= 0.6 is 0 Å². The second-order valence-electron chi connectivity index (χ2n) is 16.3. The zero-order valence-corrected chi connectivity index (χ0v) is 29.6. The standard InChI is InChI=1S/C40H59NO7/c1-4-5-17-33(43)38(46)28-16-10-7-6-8-13-20-48-25-29(39(47)41-24-32-35(40(32,2)3)36(41)34(44)22-28)21-30(42)23-31(37(45)27-18-19-27)26-14-11-9-12-15-26/h4,26-29,31-32,35-36H,1,5-25H2,2-3H3/t28-,29+,31+,32+,35+,36-/m1/s1. The van der Waals surface area contributed by atoms with E-state index in [0.717, 1.165) is 70.6 Å². The van der Waals surface area contributed by atoms with Gasteiger partial charge in [0.05, 0.1) is 18.6 Å². The van der Waals surface area contributed by atoms with Gasteiger partial charge in [0.25, 0.3) is 0 Å². The Morgan fingerprint density at radius 1 is 0.917 bits per heavy atom. The van der Waals surface area contributed by atoms with Gasteiger partial charge in [0.2, 0.25) is 11.7 Å². The summed E-state index contributed by atoms with van der Waals surface area (Å²) in [6.07, 6.45) is 14.4. The highest BCUT2D eigenvalue weighted by Crippen LogP contribution is 2.65. The normalized spacial score (nSPS) is 31.0. The van der Waals surface area contributed by atoms with Gasteiger partial charge in [0, 0.05) is 56.6 Å². The molecule has 2 saturated heterocycles. The Kier molecular flexibility index (Phi) is 12.6. The quantitative estimate of drug-likeness (QED) is 0.169. The van der Waals surface area contributed by atoms with Gasteiger partial charge >= 0.3 is 0 Å². The fourth-order valence-corrected chi connectivity index (χ4v) is 9.27. The zero-order chi connectivity index (χ0) is 34.4. The number of rotatable bonds is 12. The summed E-state index contributed by atoms with van der Waals surface area (Å²) >= 11 is 0. The Balaban J connectivity index is 1.34. The predicted molar refractivity (Wildman–Crippen MR) is 183 cm³/mol. The van der Waals surface area contributed by atoms with E-state index in [1.807, 2.05) is 0 Å². The van der Waals surface area contributed by atoms with E-state index < -0.39 is 29.4 Å². The Morgan fingerprint density at radius 2 is 1.58 bits per heavy atom. The smallest absolute Gasteiger partial charge is 0.229 e. The molecule has 5 fully saturated rings. The molecule has 48 heavy (non-hydrogen) atoms. The van der Waals surface area contributed by atoms with Gasteiger partial charge < -0.3 is 9.64 Å². The Morgan fingerprint density at radius 3 is 2.29 bits per heavy atom. The number of carbonyl (C=O) groups is 6. The molecule has 0 aromatic heterocycles. The first-order valence-corrected chi connectivity index (χ1v) is 19.2. The van der Waals surface area contributed by atoms with Crippen LogP contribution in [0.15, 0.2) is 12.7 Å². The number of ketones is 5. The van der Waals surface area contributed by atoms with E-state index in [0.29, 0.717) is 26.0 Å².